The van der Waals surface area contributed by atoms with Crippen LogP contribution in [0.15, 0.2) is 48.5 Å². The monoisotopic (exact) mass is 284 g/mol. The van der Waals surface area contributed by atoms with Crippen LogP contribution in [0.5, 0.6) is 5.75 Å². The van der Waals surface area contributed by atoms with Gasteiger partial charge in [0.15, 0.2) is 6.29 Å². The summed E-state index contributed by atoms with van der Waals surface area (Å²) in [6.45, 7) is 5.22. The molecule has 2 atom stereocenters. The van der Waals surface area contributed by atoms with Crippen LogP contribution in [-0.2, 0) is 16.1 Å². The number of aryl methyl sites for hydroxylation is 1. The lowest BCUT2D eigenvalue weighted by Crippen LogP contribution is -2.07. The van der Waals surface area contributed by atoms with Crippen LogP contribution in [0.4, 0.5) is 0 Å². The molecule has 1 fully saturated rings. The highest BCUT2D eigenvalue weighted by Crippen LogP contribution is 2.30. The summed E-state index contributed by atoms with van der Waals surface area (Å²) in [5.41, 5.74) is 3.28. The lowest BCUT2D eigenvalue weighted by Gasteiger charge is -2.16. The molecule has 0 radical (unpaired) electrons. The molecule has 3 heteroatoms. The molecule has 0 saturated carbocycles. The molecule has 0 aromatic heterocycles. The zero-order valence-electron chi connectivity index (χ0n) is 12.4. The van der Waals surface area contributed by atoms with Gasteiger partial charge in [-0.3, -0.25) is 0 Å². The average molecular weight is 284 g/mol. The van der Waals surface area contributed by atoms with Crippen LogP contribution in [-0.4, -0.2) is 12.7 Å². The van der Waals surface area contributed by atoms with E-state index >= 15 is 0 Å². The molecule has 3 rings (SSSR count). The molecule has 0 spiro atoms. The molecule has 0 amide bonds. The van der Waals surface area contributed by atoms with Crippen molar-refractivity contribution in [2.45, 2.75) is 32.8 Å². The first-order valence-corrected chi connectivity index (χ1v) is 7.27. The molecular formula is C18H20O3. The number of rotatable bonds is 4. The van der Waals surface area contributed by atoms with E-state index in [2.05, 4.69) is 6.07 Å². The van der Waals surface area contributed by atoms with Gasteiger partial charge in [-0.1, -0.05) is 42.5 Å². The van der Waals surface area contributed by atoms with Gasteiger partial charge >= 0.3 is 0 Å². The summed E-state index contributed by atoms with van der Waals surface area (Å²) in [5.74, 6) is 0.911. The van der Waals surface area contributed by atoms with E-state index in [9.17, 15) is 0 Å². The Hall–Kier alpha value is -1.84. The maximum absolute atomic E-state index is 5.94. The third-order valence-corrected chi connectivity index (χ3v) is 3.62. The highest BCUT2D eigenvalue weighted by Gasteiger charge is 2.25. The predicted octanol–water partition coefficient (Wildman–Crippen LogP) is 4.01. The summed E-state index contributed by atoms with van der Waals surface area (Å²) in [6.07, 6.45) is -0.142. The molecule has 0 aliphatic carbocycles. The van der Waals surface area contributed by atoms with Crippen molar-refractivity contribution in [3.05, 3.63) is 65.2 Å². The number of hydrogen-bond acceptors (Lipinski definition) is 3. The van der Waals surface area contributed by atoms with Crippen molar-refractivity contribution in [2.75, 3.05) is 6.61 Å². The second-order valence-electron chi connectivity index (χ2n) is 5.36. The number of hydrogen-bond donors (Lipinski definition) is 0. The first kappa shape index (κ1) is 14.1. The highest BCUT2D eigenvalue weighted by molar-refractivity contribution is 5.33. The van der Waals surface area contributed by atoms with Crippen LogP contribution >= 0.6 is 0 Å². The molecule has 2 aromatic rings. The van der Waals surface area contributed by atoms with Crippen molar-refractivity contribution in [3.8, 4) is 5.75 Å². The van der Waals surface area contributed by atoms with Gasteiger partial charge in [0.25, 0.3) is 0 Å². The summed E-state index contributed by atoms with van der Waals surface area (Å²) in [4.78, 5) is 0. The summed E-state index contributed by atoms with van der Waals surface area (Å²) in [7, 11) is 0. The van der Waals surface area contributed by atoms with Crippen LogP contribution in [0.3, 0.4) is 0 Å². The van der Waals surface area contributed by atoms with Crippen molar-refractivity contribution in [1.82, 2.24) is 0 Å². The lowest BCUT2D eigenvalue weighted by molar-refractivity contribution is -0.0581. The topological polar surface area (TPSA) is 27.7 Å². The molecule has 0 N–H and O–H groups in total. The molecule has 2 aromatic carbocycles. The zero-order chi connectivity index (χ0) is 14.7. The van der Waals surface area contributed by atoms with Crippen molar-refractivity contribution < 1.29 is 14.2 Å². The van der Waals surface area contributed by atoms with Crippen LogP contribution in [0.25, 0.3) is 0 Å². The van der Waals surface area contributed by atoms with Gasteiger partial charge in [0.1, 0.15) is 12.4 Å². The Morgan fingerprint density at radius 1 is 1.10 bits per heavy atom. The normalized spacial score (nSPS) is 21.4. The van der Waals surface area contributed by atoms with Crippen molar-refractivity contribution >= 4 is 0 Å². The van der Waals surface area contributed by atoms with Crippen LogP contribution in [0.1, 0.15) is 29.9 Å². The Bertz CT molecular complexity index is 609. The van der Waals surface area contributed by atoms with Crippen molar-refractivity contribution in [2.24, 2.45) is 0 Å². The van der Waals surface area contributed by atoms with Crippen molar-refractivity contribution in [1.29, 1.82) is 0 Å². The Morgan fingerprint density at radius 2 is 1.86 bits per heavy atom. The van der Waals surface area contributed by atoms with E-state index in [4.69, 9.17) is 14.2 Å². The second-order valence-corrected chi connectivity index (χ2v) is 5.36. The first-order chi connectivity index (χ1) is 10.2. The van der Waals surface area contributed by atoms with E-state index in [1.54, 1.807) is 0 Å². The van der Waals surface area contributed by atoms with Crippen LogP contribution in [0.2, 0.25) is 0 Å². The Labute approximate surface area is 125 Å². The molecule has 21 heavy (non-hydrogen) atoms. The fourth-order valence-electron chi connectivity index (χ4n) is 2.45. The van der Waals surface area contributed by atoms with Crippen LogP contribution < -0.4 is 4.74 Å². The van der Waals surface area contributed by atoms with Crippen LogP contribution in [0, 0.1) is 6.92 Å². The van der Waals surface area contributed by atoms with Gasteiger partial charge in [0, 0.05) is 5.56 Å². The molecular weight excluding hydrogens is 264 g/mol. The van der Waals surface area contributed by atoms with E-state index in [0.29, 0.717) is 13.2 Å². The average Bonchev–Trinajstić information content (AvgIpc) is 2.93. The second kappa shape index (κ2) is 6.29. The van der Waals surface area contributed by atoms with Gasteiger partial charge in [-0.15, -0.1) is 0 Å². The number of para-hydroxylation sites is 1. The largest absolute Gasteiger partial charge is 0.489 e. The lowest BCUT2D eigenvalue weighted by atomic mass is 10.1. The fraction of sp³-hybridized carbons (Fsp3) is 0.333. The SMILES string of the molecule is Cc1ccccc1OCc1ccccc1C1OCC(C)O1. The quantitative estimate of drug-likeness (QED) is 0.849. The smallest absolute Gasteiger partial charge is 0.184 e. The molecule has 1 saturated heterocycles. The van der Waals surface area contributed by atoms with Gasteiger partial charge in [0.2, 0.25) is 0 Å². The maximum Gasteiger partial charge on any atom is 0.184 e. The van der Waals surface area contributed by atoms with Gasteiger partial charge in [0.05, 0.1) is 12.7 Å². The third-order valence-electron chi connectivity index (χ3n) is 3.62. The van der Waals surface area contributed by atoms with Gasteiger partial charge in [-0.25, -0.2) is 0 Å². The summed E-state index contributed by atoms with van der Waals surface area (Å²) >= 11 is 0. The minimum atomic E-state index is -0.281. The fourth-order valence-corrected chi connectivity index (χ4v) is 2.45. The van der Waals surface area contributed by atoms with E-state index in [1.807, 2.05) is 56.3 Å². The number of benzene rings is 2. The molecule has 1 aliphatic rings. The first-order valence-electron chi connectivity index (χ1n) is 7.27. The minimum Gasteiger partial charge on any atom is -0.489 e. The van der Waals surface area contributed by atoms with Crippen molar-refractivity contribution in [3.63, 3.8) is 0 Å². The summed E-state index contributed by atoms with van der Waals surface area (Å²) in [6, 6.07) is 16.1. The Morgan fingerprint density at radius 3 is 2.62 bits per heavy atom. The zero-order valence-corrected chi connectivity index (χ0v) is 12.4. The molecule has 3 nitrogen and oxygen atoms in total. The van der Waals surface area contributed by atoms with E-state index in [0.717, 1.165) is 22.4 Å². The van der Waals surface area contributed by atoms with Gasteiger partial charge in [-0.05, 0) is 31.0 Å². The third kappa shape index (κ3) is 3.26. The maximum atomic E-state index is 5.94. The highest BCUT2D eigenvalue weighted by atomic mass is 16.7. The molecule has 1 aliphatic heterocycles. The van der Waals surface area contributed by atoms with E-state index in [-0.39, 0.29) is 12.4 Å². The summed E-state index contributed by atoms with van der Waals surface area (Å²) in [5, 5.41) is 0. The summed E-state index contributed by atoms with van der Waals surface area (Å²) < 4.78 is 17.4. The molecule has 1 heterocycles. The Kier molecular flexibility index (Phi) is 4.23. The Balaban J connectivity index is 1.75. The van der Waals surface area contributed by atoms with E-state index < -0.39 is 0 Å². The number of ether oxygens (including phenoxy) is 3. The molecule has 0 bridgehead atoms. The standard InChI is InChI=1S/C18H20O3/c1-13-7-3-6-10-17(13)19-12-15-8-4-5-9-16(15)18-20-11-14(2)21-18/h3-10,14,18H,11-12H2,1-2H3. The van der Waals surface area contributed by atoms with E-state index in [1.165, 1.54) is 0 Å². The molecule has 2 unspecified atom stereocenters. The molecule has 110 valence electrons. The van der Waals surface area contributed by atoms with Gasteiger partial charge < -0.3 is 14.2 Å². The minimum absolute atomic E-state index is 0.139. The predicted molar refractivity (Wildman–Crippen MR) is 81.2 cm³/mol. The van der Waals surface area contributed by atoms with Gasteiger partial charge in [-0.2, -0.15) is 0 Å².